The normalized spacial score (nSPS) is 11.1. The Hall–Kier alpha value is 0.570. The third-order valence-corrected chi connectivity index (χ3v) is 4.38. The fourth-order valence-corrected chi connectivity index (χ4v) is 2.74. The summed E-state index contributed by atoms with van der Waals surface area (Å²) < 4.78 is 0.731. The molecule has 0 aliphatic heterocycles. The summed E-state index contributed by atoms with van der Waals surface area (Å²) in [7, 11) is 0. The van der Waals surface area contributed by atoms with Crippen LogP contribution in [0.1, 0.15) is 25.0 Å². The highest BCUT2D eigenvalue weighted by Crippen LogP contribution is 2.37. The average molecular weight is 330 g/mol. The SMILES string of the molecule is CC(C)Cc1cc(Cl)c(Br)c(Cl)c1CCl. The highest BCUT2D eigenvalue weighted by atomic mass is 79.9. The highest BCUT2D eigenvalue weighted by molar-refractivity contribution is 9.10. The predicted molar refractivity (Wildman–Crippen MR) is 72.3 cm³/mol. The lowest BCUT2D eigenvalue weighted by molar-refractivity contribution is 0.644. The zero-order chi connectivity index (χ0) is 11.6. The van der Waals surface area contributed by atoms with Crippen molar-refractivity contribution in [2.24, 2.45) is 5.92 Å². The molecule has 0 atom stereocenters. The summed E-state index contributed by atoms with van der Waals surface area (Å²) >= 11 is 21.5. The number of alkyl halides is 1. The molecule has 0 bridgehead atoms. The molecule has 0 aliphatic rings. The molecular weight excluding hydrogens is 318 g/mol. The minimum atomic E-state index is 0.413. The molecule has 15 heavy (non-hydrogen) atoms. The van der Waals surface area contributed by atoms with Crippen molar-refractivity contribution in [3.05, 3.63) is 31.7 Å². The molecule has 0 fully saturated rings. The third-order valence-electron chi connectivity index (χ3n) is 2.12. The van der Waals surface area contributed by atoms with Crippen LogP contribution in [0.5, 0.6) is 0 Å². The Morgan fingerprint density at radius 1 is 1.33 bits per heavy atom. The van der Waals surface area contributed by atoms with E-state index in [-0.39, 0.29) is 0 Å². The number of hydrogen-bond donors (Lipinski definition) is 0. The van der Waals surface area contributed by atoms with Crippen LogP contribution in [0.25, 0.3) is 0 Å². The number of hydrogen-bond acceptors (Lipinski definition) is 0. The topological polar surface area (TPSA) is 0 Å². The minimum absolute atomic E-state index is 0.413. The van der Waals surface area contributed by atoms with Crippen LogP contribution < -0.4 is 0 Å². The summed E-state index contributed by atoms with van der Waals surface area (Å²) in [5.74, 6) is 0.969. The van der Waals surface area contributed by atoms with Crippen molar-refractivity contribution in [3.8, 4) is 0 Å². The molecule has 84 valence electrons. The van der Waals surface area contributed by atoms with Crippen LogP contribution in [0.4, 0.5) is 0 Å². The summed E-state index contributed by atoms with van der Waals surface area (Å²) in [5, 5.41) is 1.28. The number of halogens is 4. The second kappa shape index (κ2) is 5.77. The van der Waals surface area contributed by atoms with Crippen molar-refractivity contribution in [3.63, 3.8) is 0 Å². The first-order valence-corrected chi connectivity index (χ1v) is 6.77. The molecule has 0 nitrogen and oxygen atoms in total. The molecule has 0 aromatic heterocycles. The Labute approximate surface area is 114 Å². The molecule has 0 saturated heterocycles. The Morgan fingerprint density at radius 3 is 2.40 bits per heavy atom. The second-order valence-corrected chi connectivity index (χ2v) is 5.70. The fourth-order valence-electron chi connectivity index (χ4n) is 1.45. The van der Waals surface area contributed by atoms with Gasteiger partial charge in [-0.1, -0.05) is 37.0 Å². The molecule has 1 aromatic rings. The second-order valence-electron chi connectivity index (χ2n) is 3.86. The fraction of sp³-hybridized carbons (Fsp3) is 0.455. The molecule has 0 spiro atoms. The van der Waals surface area contributed by atoms with Crippen molar-refractivity contribution in [1.82, 2.24) is 0 Å². The lowest BCUT2D eigenvalue weighted by Crippen LogP contribution is -2.00. The zero-order valence-corrected chi connectivity index (χ0v) is 12.4. The Morgan fingerprint density at radius 2 is 1.93 bits per heavy atom. The van der Waals surface area contributed by atoms with Crippen molar-refractivity contribution in [2.45, 2.75) is 26.1 Å². The lowest BCUT2D eigenvalue weighted by Gasteiger charge is -2.13. The van der Waals surface area contributed by atoms with E-state index in [0.717, 1.165) is 22.0 Å². The maximum atomic E-state index is 6.17. The van der Waals surface area contributed by atoms with Crippen LogP contribution in [0, 0.1) is 5.92 Å². The summed E-state index contributed by atoms with van der Waals surface area (Å²) in [4.78, 5) is 0. The third kappa shape index (κ3) is 3.26. The van der Waals surface area contributed by atoms with Crippen LogP contribution in [-0.4, -0.2) is 0 Å². The molecule has 1 aromatic carbocycles. The van der Waals surface area contributed by atoms with Gasteiger partial charge in [0.1, 0.15) is 0 Å². The molecule has 0 aliphatic carbocycles. The molecule has 4 heteroatoms. The van der Waals surface area contributed by atoms with E-state index < -0.39 is 0 Å². The van der Waals surface area contributed by atoms with Crippen LogP contribution >= 0.6 is 50.7 Å². The minimum Gasteiger partial charge on any atom is -0.121 e. The van der Waals surface area contributed by atoms with Crippen LogP contribution in [0.15, 0.2) is 10.5 Å². The first-order valence-electron chi connectivity index (χ1n) is 4.68. The maximum absolute atomic E-state index is 6.17. The predicted octanol–water partition coefficient (Wildman–Crippen LogP) is 5.69. The zero-order valence-electron chi connectivity index (χ0n) is 8.58. The Balaban J connectivity index is 3.25. The van der Waals surface area contributed by atoms with Crippen molar-refractivity contribution in [1.29, 1.82) is 0 Å². The Kier molecular flexibility index (Phi) is 5.24. The molecule has 1 rings (SSSR count). The summed E-state index contributed by atoms with van der Waals surface area (Å²) in [6.45, 7) is 4.31. The van der Waals surface area contributed by atoms with E-state index in [1.54, 1.807) is 0 Å². The standard InChI is InChI=1S/C11H12BrCl3/c1-6(2)3-7-4-9(14)10(12)11(15)8(7)5-13/h4,6H,3,5H2,1-2H3. The van der Waals surface area contributed by atoms with Gasteiger partial charge in [-0.05, 0) is 45.5 Å². The van der Waals surface area contributed by atoms with E-state index in [2.05, 4.69) is 29.8 Å². The van der Waals surface area contributed by atoms with E-state index in [1.807, 2.05) is 6.07 Å². The van der Waals surface area contributed by atoms with Crippen molar-refractivity contribution >= 4 is 50.7 Å². The molecular formula is C11H12BrCl3. The van der Waals surface area contributed by atoms with Gasteiger partial charge in [-0.25, -0.2) is 0 Å². The monoisotopic (exact) mass is 328 g/mol. The summed E-state index contributed by atoms with van der Waals surface area (Å²) in [5.41, 5.74) is 2.11. The maximum Gasteiger partial charge on any atom is 0.0610 e. The van der Waals surface area contributed by atoms with E-state index in [0.29, 0.717) is 21.8 Å². The van der Waals surface area contributed by atoms with Gasteiger partial charge in [-0.15, -0.1) is 11.6 Å². The van der Waals surface area contributed by atoms with E-state index in [9.17, 15) is 0 Å². The summed E-state index contributed by atoms with van der Waals surface area (Å²) in [6.07, 6.45) is 0.939. The molecule has 0 saturated carbocycles. The number of benzene rings is 1. The van der Waals surface area contributed by atoms with Gasteiger partial charge in [-0.2, -0.15) is 0 Å². The van der Waals surface area contributed by atoms with E-state index in [1.165, 1.54) is 0 Å². The van der Waals surface area contributed by atoms with Gasteiger partial charge in [0.25, 0.3) is 0 Å². The molecule has 0 radical (unpaired) electrons. The van der Waals surface area contributed by atoms with E-state index in [4.69, 9.17) is 34.8 Å². The quantitative estimate of drug-likeness (QED) is 0.493. The molecule has 0 heterocycles. The largest absolute Gasteiger partial charge is 0.121 e. The van der Waals surface area contributed by atoms with Gasteiger partial charge in [0.05, 0.1) is 14.5 Å². The van der Waals surface area contributed by atoms with Crippen molar-refractivity contribution in [2.75, 3.05) is 0 Å². The first kappa shape index (κ1) is 13.6. The molecule has 0 N–H and O–H groups in total. The van der Waals surface area contributed by atoms with E-state index >= 15 is 0 Å². The van der Waals surface area contributed by atoms with Crippen LogP contribution in [0.2, 0.25) is 10.0 Å². The van der Waals surface area contributed by atoms with Gasteiger partial charge in [0, 0.05) is 5.88 Å². The van der Waals surface area contributed by atoms with Gasteiger partial charge in [0.2, 0.25) is 0 Å². The molecule has 0 unspecified atom stereocenters. The Bertz CT molecular complexity index is 361. The highest BCUT2D eigenvalue weighted by Gasteiger charge is 2.14. The van der Waals surface area contributed by atoms with Gasteiger partial charge >= 0.3 is 0 Å². The van der Waals surface area contributed by atoms with Crippen LogP contribution in [-0.2, 0) is 12.3 Å². The first-order chi connectivity index (χ1) is 6.97. The lowest BCUT2D eigenvalue weighted by atomic mass is 9.99. The smallest absolute Gasteiger partial charge is 0.0610 e. The van der Waals surface area contributed by atoms with Crippen LogP contribution in [0.3, 0.4) is 0 Å². The molecule has 0 amide bonds. The van der Waals surface area contributed by atoms with Gasteiger partial charge < -0.3 is 0 Å². The number of rotatable bonds is 3. The van der Waals surface area contributed by atoms with Crippen molar-refractivity contribution < 1.29 is 0 Å². The summed E-state index contributed by atoms with van der Waals surface area (Å²) in [6, 6.07) is 1.94. The van der Waals surface area contributed by atoms with Gasteiger partial charge in [0.15, 0.2) is 0 Å². The average Bonchev–Trinajstić information content (AvgIpc) is 2.14. The van der Waals surface area contributed by atoms with Gasteiger partial charge in [-0.3, -0.25) is 0 Å².